The van der Waals surface area contributed by atoms with E-state index in [-0.39, 0.29) is 0 Å². The van der Waals surface area contributed by atoms with Crippen LogP contribution in [0.2, 0.25) is 0 Å². The maximum atomic E-state index is 3.60. The van der Waals surface area contributed by atoms with Gasteiger partial charge in [0.1, 0.15) is 0 Å². The lowest BCUT2D eigenvalue weighted by molar-refractivity contribution is 0.389. The first-order valence-electron chi connectivity index (χ1n) is 7.57. The quantitative estimate of drug-likeness (QED) is 0.669. The van der Waals surface area contributed by atoms with Gasteiger partial charge in [0.2, 0.25) is 0 Å². The fourth-order valence-corrected chi connectivity index (χ4v) is 2.62. The molecule has 0 amide bonds. The Morgan fingerprint density at radius 2 is 1.82 bits per heavy atom. The predicted octanol–water partition coefficient (Wildman–Crippen LogP) is 4.54. The molecule has 1 unspecified atom stereocenters. The molecule has 1 aliphatic carbocycles. The zero-order valence-corrected chi connectivity index (χ0v) is 12.3. The number of hydrogen-bond donors (Lipinski definition) is 1. The van der Waals surface area contributed by atoms with Crippen molar-refractivity contribution < 1.29 is 0 Å². The lowest BCUT2D eigenvalue weighted by Gasteiger charge is -2.26. The molecule has 0 saturated heterocycles. The summed E-state index contributed by atoms with van der Waals surface area (Å²) in [5, 5.41) is 3.60. The van der Waals surface area contributed by atoms with E-state index in [1.165, 1.54) is 38.5 Å². The largest absolute Gasteiger partial charge is 0.311 e. The molecular weight excluding hydrogens is 206 g/mol. The van der Waals surface area contributed by atoms with E-state index in [4.69, 9.17) is 0 Å². The summed E-state index contributed by atoms with van der Waals surface area (Å²) >= 11 is 0. The molecule has 17 heavy (non-hydrogen) atoms. The van der Waals surface area contributed by atoms with E-state index in [1.54, 1.807) is 5.57 Å². The normalized spacial score (nSPS) is 20.9. The van der Waals surface area contributed by atoms with Gasteiger partial charge < -0.3 is 5.32 Å². The molecule has 0 aromatic heterocycles. The molecular formula is C16H31N. The Balaban J connectivity index is 2.59. The van der Waals surface area contributed by atoms with Crippen LogP contribution in [0.1, 0.15) is 66.2 Å². The molecule has 0 spiro atoms. The van der Waals surface area contributed by atoms with Crippen LogP contribution in [0, 0.1) is 11.8 Å². The zero-order chi connectivity index (χ0) is 12.7. The summed E-state index contributed by atoms with van der Waals surface area (Å²) in [6.45, 7) is 10.2. The maximum Gasteiger partial charge on any atom is 0.0169 e. The van der Waals surface area contributed by atoms with E-state index in [2.05, 4.69) is 39.1 Å². The first-order chi connectivity index (χ1) is 8.13. The lowest BCUT2D eigenvalue weighted by atomic mass is 9.82. The summed E-state index contributed by atoms with van der Waals surface area (Å²) in [6.07, 6.45) is 11.0. The van der Waals surface area contributed by atoms with Gasteiger partial charge >= 0.3 is 0 Å². The predicted molar refractivity (Wildman–Crippen MR) is 77.3 cm³/mol. The van der Waals surface area contributed by atoms with Gasteiger partial charge in [-0.1, -0.05) is 65.0 Å². The topological polar surface area (TPSA) is 12.0 Å². The zero-order valence-electron chi connectivity index (χ0n) is 12.3. The van der Waals surface area contributed by atoms with E-state index in [0.717, 1.165) is 18.4 Å². The van der Waals surface area contributed by atoms with E-state index in [1.807, 2.05) is 0 Å². The summed E-state index contributed by atoms with van der Waals surface area (Å²) in [7, 11) is 0. The highest BCUT2D eigenvalue weighted by atomic mass is 14.9. The second kappa shape index (κ2) is 7.92. The van der Waals surface area contributed by atoms with Crippen molar-refractivity contribution in [2.45, 2.75) is 72.3 Å². The molecule has 0 aliphatic heterocycles. The van der Waals surface area contributed by atoms with E-state index < -0.39 is 0 Å². The van der Waals surface area contributed by atoms with Crippen molar-refractivity contribution in [3.8, 4) is 0 Å². The van der Waals surface area contributed by atoms with Crippen LogP contribution in [0.25, 0.3) is 0 Å². The highest BCUT2D eigenvalue weighted by Crippen LogP contribution is 2.30. The van der Waals surface area contributed by atoms with E-state index >= 15 is 0 Å². The standard InChI is InChI=1S/C16H31N/c1-5-14(4)11-16(12-17-13(2)3)15-9-7-6-8-10-15/h11,13-15,17H,5-10,12H2,1-4H3/b16-11-. The van der Waals surface area contributed by atoms with Crippen LogP contribution in [-0.4, -0.2) is 12.6 Å². The fraction of sp³-hybridized carbons (Fsp3) is 0.875. The molecule has 1 rings (SSSR count). The van der Waals surface area contributed by atoms with Gasteiger partial charge in [0, 0.05) is 12.6 Å². The van der Waals surface area contributed by atoms with Crippen molar-refractivity contribution >= 4 is 0 Å². The van der Waals surface area contributed by atoms with Gasteiger partial charge in [-0.25, -0.2) is 0 Å². The summed E-state index contributed by atoms with van der Waals surface area (Å²) in [5.74, 6) is 1.60. The molecule has 1 N–H and O–H groups in total. The first kappa shape index (κ1) is 14.8. The monoisotopic (exact) mass is 237 g/mol. The summed E-state index contributed by atoms with van der Waals surface area (Å²) in [6, 6.07) is 0.596. The Hall–Kier alpha value is -0.300. The van der Waals surface area contributed by atoms with E-state index in [0.29, 0.717) is 6.04 Å². The van der Waals surface area contributed by atoms with Crippen LogP contribution in [0.3, 0.4) is 0 Å². The third-order valence-electron chi connectivity index (χ3n) is 3.99. The lowest BCUT2D eigenvalue weighted by Crippen LogP contribution is -2.28. The molecule has 0 aromatic carbocycles. The molecule has 1 fully saturated rings. The van der Waals surface area contributed by atoms with Crippen molar-refractivity contribution in [3.63, 3.8) is 0 Å². The van der Waals surface area contributed by atoms with Crippen molar-refractivity contribution in [1.29, 1.82) is 0 Å². The number of nitrogens with one attached hydrogen (secondary N) is 1. The maximum absolute atomic E-state index is 3.60. The van der Waals surface area contributed by atoms with Crippen molar-refractivity contribution in [1.82, 2.24) is 5.32 Å². The van der Waals surface area contributed by atoms with Crippen molar-refractivity contribution in [2.24, 2.45) is 11.8 Å². The average molecular weight is 237 g/mol. The number of hydrogen-bond acceptors (Lipinski definition) is 1. The van der Waals surface area contributed by atoms with Crippen LogP contribution >= 0.6 is 0 Å². The third kappa shape index (κ3) is 5.72. The third-order valence-corrected chi connectivity index (χ3v) is 3.99. The Morgan fingerprint density at radius 1 is 1.18 bits per heavy atom. The Labute approximate surface area is 108 Å². The smallest absolute Gasteiger partial charge is 0.0169 e. The van der Waals surface area contributed by atoms with E-state index in [9.17, 15) is 0 Å². The Kier molecular flexibility index (Phi) is 6.87. The van der Waals surface area contributed by atoms with Crippen LogP contribution < -0.4 is 5.32 Å². The average Bonchev–Trinajstić information content (AvgIpc) is 2.35. The molecule has 1 aliphatic rings. The van der Waals surface area contributed by atoms with Gasteiger partial charge in [0.25, 0.3) is 0 Å². The minimum atomic E-state index is 0.596. The number of rotatable bonds is 6. The molecule has 0 radical (unpaired) electrons. The van der Waals surface area contributed by atoms with Gasteiger partial charge in [-0.05, 0) is 24.7 Å². The molecule has 0 aromatic rings. The van der Waals surface area contributed by atoms with Gasteiger partial charge in [0.05, 0.1) is 0 Å². The van der Waals surface area contributed by atoms with Gasteiger partial charge in [-0.3, -0.25) is 0 Å². The fourth-order valence-electron chi connectivity index (χ4n) is 2.62. The van der Waals surface area contributed by atoms with Crippen LogP contribution in [-0.2, 0) is 0 Å². The molecule has 1 heteroatoms. The summed E-state index contributed by atoms with van der Waals surface area (Å²) in [5.41, 5.74) is 1.69. The van der Waals surface area contributed by atoms with Gasteiger partial charge in [-0.2, -0.15) is 0 Å². The molecule has 0 bridgehead atoms. The second-order valence-electron chi connectivity index (χ2n) is 6.00. The minimum Gasteiger partial charge on any atom is -0.311 e. The Bertz CT molecular complexity index is 224. The highest BCUT2D eigenvalue weighted by Gasteiger charge is 2.18. The molecule has 0 heterocycles. The van der Waals surface area contributed by atoms with Crippen molar-refractivity contribution in [2.75, 3.05) is 6.54 Å². The van der Waals surface area contributed by atoms with Crippen molar-refractivity contribution in [3.05, 3.63) is 11.6 Å². The Morgan fingerprint density at radius 3 is 2.35 bits per heavy atom. The molecule has 100 valence electrons. The van der Waals surface area contributed by atoms with Crippen LogP contribution in [0.4, 0.5) is 0 Å². The number of allylic oxidation sites excluding steroid dienone is 1. The van der Waals surface area contributed by atoms with Gasteiger partial charge in [0.15, 0.2) is 0 Å². The SMILES string of the molecule is CCC(C)/C=C(/CNC(C)C)C1CCCCC1. The summed E-state index contributed by atoms with van der Waals surface area (Å²) < 4.78 is 0. The summed E-state index contributed by atoms with van der Waals surface area (Å²) in [4.78, 5) is 0. The van der Waals surface area contributed by atoms with Gasteiger partial charge in [-0.15, -0.1) is 0 Å². The molecule has 1 nitrogen and oxygen atoms in total. The minimum absolute atomic E-state index is 0.596. The first-order valence-corrected chi connectivity index (χ1v) is 7.57. The highest BCUT2D eigenvalue weighted by molar-refractivity contribution is 5.11. The second-order valence-corrected chi connectivity index (χ2v) is 6.00. The molecule has 1 atom stereocenters. The van der Waals surface area contributed by atoms with Crippen LogP contribution in [0.15, 0.2) is 11.6 Å². The molecule has 1 saturated carbocycles. The van der Waals surface area contributed by atoms with Crippen LogP contribution in [0.5, 0.6) is 0 Å².